The highest BCUT2D eigenvalue weighted by Crippen LogP contribution is 2.36. The molecule has 1 aliphatic carbocycles. The summed E-state index contributed by atoms with van der Waals surface area (Å²) in [5.74, 6) is 2.79. The summed E-state index contributed by atoms with van der Waals surface area (Å²) in [5, 5.41) is 7.88. The molecule has 0 aromatic carbocycles. The zero-order valence-corrected chi connectivity index (χ0v) is 11.9. The van der Waals surface area contributed by atoms with E-state index in [1.54, 1.807) is 0 Å². The molecule has 2 heteroatoms. The normalized spacial score (nSPS) is 29.4. The highest BCUT2D eigenvalue weighted by Gasteiger charge is 2.27. The largest absolute Gasteiger partial charge is 0.319 e. The van der Waals surface area contributed by atoms with Crippen molar-refractivity contribution in [3.63, 3.8) is 0 Å². The van der Waals surface area contributed by atoms with Gasteiger partial charge in [-0.15, -0.1) is 0 Å². The summed E-state index contributed by atoms with van der Waals surface area (Å²) in [5.41, 5.74) is 1.54. The molecule has 0 saturated heterocycles. The van der Waals surface area contributed by atoms with Crippen molar-refractivity contribution >= 4 is 11.3 Å². The Hall–Kier alpha value is -0.340. The van der Waals surface area contributed by atoms with Crippen molar-refractivity contribution in [1.29, 1.82) is 0 Å². The first-order valence-electron chi connectivity index (χ1n) is 6.95. The number of hydrogen-bond donors (Lipinski definition) is 1. The summed E-state index contributed by atoms with van der Waals surface area (Å²) in [7, 11) is 2.09. The second kappa shape index (κ2) is 6.55. The van der Waals surface area contributed by atoms with Crippen LogP contribution in [0.1, 0.15) is 38.2 Å². The Morgan fingerprint density at radius 1 is 1.35 bits per heavy atom. The summed E-state index contributed by atoms with van der Waals surface area (Å²) in [6.45, 7) is 3.63. The van der Waals surface area contributed by atoms with Crippen LogP contribution in [0.15, 0.2) is 16.8 Å². The molecule has 1 saturated carbocycles. The lowest BCUT2D eigenvalue weighted by molar-refractivity contribution is 0.177. The predicted molar refractivity (Wildman–Crippen MR) is 76.6 cm³/mol. The van der Waals surface area contributed by atoms with E-state index in [9.17, 15) is 0 Å². The van der Waals surface area contributed by atoms with Crippen LogP contribution < -0.4 is 5.32 Å². The molecule has 1 N–H and O–H groups in total. The molecule has 0 bridgehead atoms. The van der Waals surface area contributed by atoms with Crippen LogP contribution in [0.5, 0.6) is 0 Å². The van der Waals surface area contributed by atoms with Crippen molar-refractivity contribution in [2.24, 2.45) is 17.8 Å². The average molecular weight is 251 g/mol. The van der Waals surface area contributed by atoms with E-state index in [-0.39, 0.29) is 0 Å². The minimum Gasteiger partial charge on any atom is -0.319 e. The van der Waals surface area contributed by atoms with E-state index in [0.29, 0.717) is 0 Å². The van der Waals surface area contributed by atoms with E-state index in [1.165, 1.54) is 44.2 Å². The first kappa shape index (κ1) is 13.1. The van der Waals surface area contributed by atoms with Gasteiger partial charge in [0.2, 0.25) is 0 Å². The second-order valence-electron chi connectivity index (χ2n) is 5.67. The number of thiophene rings is 1. The van der Waals surface area contributed by atoms with Crippen LogP contribution in [-0.2, 0) is 6.42 Å². The standard InChI is InChI=1S/C15H25NS/c1-12-3-5-15(10-16-2)14(9-12)6-4-13-7-8-17-11-13/h7-8,11-12,14-16H,3-6,9-10H2,1-2H3. The molecular weight excluding hydrogens is 226 g/mol. The van der Waals surface area contributed by atoms with Gasteiger partial charge in [-0.1, -0.05) is 13.3 Å². The van der Waals surface area contributed by atoms with Crippen LogP contribution in [0.3, 0.4) is 0 Å². The minimum absolute atomic E-state index is 0.912. The molecule has 1 aliphatic rings. The van der Waals surface area contributed by atoms with Crippen molar-refractivity contribution in [2.75, 3.05) is 13.6 Å². The molecule has 1 nitrogen and oxygen atoms in total. The van der Waals surface area contributed by atoms with Crippen molar-refractivity contribution in [3.8, 4) is 0 Å². The Kier molecular flexibility index (Phi) is 5.05. The molecule has 0 aliphatic heterocycles. The Labute approximate surface area is 110 Å². The fourth-order valence-corrected chi connectivity index (χ4v) is 3.94. The SMILES string of the molecule is CNCC1CCC(C)CC1CCc1ccsc1. The van der Waals surface area contributed by atoms with Crippen LogP contribution >= 0.6 is 11.3 Å². The fraction of sp³-hybridized carbons (Fsp3) is 0.733. The van der Waals surface area contributed by atoms with Gasteiger partial charge >= 0.3 is 0 Å². The van der Waals surface area contributed by atoms with Gasteiger partial charge in [0.1, 0.15) is 0 Å². The first-order chi connectivity index (χ1) is 8.29. The smallest absolute Gasteiger partial charge is 0.00209 e. The number of nitrogens with one attached hydrogen (secondary N) is 1. The topological polar surface area (TPSA) is 12.0 Å². The molecule has 3 atom stereocenters. The van der Waals surface area contributed by atoms with Gasteiger partial charge in [0.15, 0.2) is 0 Å². The van der Waals surface area contributed by atoms with Gasteiger partial charge < -0.3 is 5.32 Å². The maximum atomic E-state index is 3.38. The Bertz CT molecular complexity index is 307. The van der Waals surface area contributed by atoms with Gasteiger partial charge in [-0.05, 0) is 79.4 Å². The van der Waals surface area contributed by atoms with E-state index in [0.717, 1.165) is 17.8 Å². The molecular formula is C15H25NS. The molecule has 0 radical (unpaired) electrons. The molecule has 1 aromatic heterocycles. The maximum Gasteiger partial charge on any atom is -0.00209 e. The average Bonchev–Trinajstić information content (AvgIpc) is 2.82. The number of rotatable bonds is 5. The zero-order valence-electron chi connectivity index (χ0n) is 11.1. The van der Waals surface area contributed by atoms with Gasteiger partial charge in [0, 0.05) is 0 Å². The summed E-state index contributed by atoms with van der Waals surface area (Å²) in [6.07, 6.45) is 6.96. The second-order valence-corrected chi connectivity index (χ2v) is 6.45. The minimum atomic E-state index is 0.912. The van der Waals surface area contributed by atoms with E-state index in [1.807, 2.05) is 11.3 Å². The van der Waals surface area contributed by atoms with Crippen molar-refractivity contribution in [2.45, 2.75) is 39.0 Å². The van der Waals surface area contributed by atoms with Crippen molar-refractivity contribution < 1.29 is 0 Å². The third-order valence-corrected chi connectivity index (χ3v) is 4.98. The third-order valence-electron chi connectivity index (χ3n) is 4.25. The summed E-state index contributed by atoms with van der Waals surface area (Å²) < 4.78 is 0. The van der Waals surface area contributed by atoms with Crippen LogP contribution in [0.2, 0.25) is 0 Å². The fourth-order valence-electron chi connectivity index (χ4n) is 3.23. The lowest BCUT2D eigenvalue weighted by Crippen LogP contribution is -2.31. The molecule has 2 rings (SSSR count). The molecule has 1 fully saturated rings. The molecule has 1 aromatic rings. The molecule has 3 unspecified atom stereocenters. The van der Waals surface area contributed by atoms with Crippen LogP contribution in [0.4, 0.5) is 0 Å². The van der Waals surface area contributed by atoms with Gasteiger partial charge in [-0.25, -0.2) is 0 Å². The molecule has 1 heterocycles. The lowest BCUT2D eigenvalue weighted by atomic mass is 9.72. The van der Waals surface area contributed by atoms with E-state index < -0.39 is 0 Å². The lowest BCUT2D eigenvalue weighted by Gasteiger charge is -2.35. The highest BCUT2D eigenvalue weighted by atomic mass is 32.1. The summed E-state index contributed by atoms with van der Waals surface area (Å²) >= 11 is 1.83. The Morgan fingerprint density at radius 2 is 2.24 bits per heavy atom. The van der Waals surface area contributed by atoms with Gasteiger partial charge in [-0.3, -0.25) is 0 Å². The van der Waals surface area contributed by atoms with Gasteiger partial charge in [0.05, 0.1) is 0 Å². The Morgan fingerprint density at radius 3 is 2.94 bits per heavy atom. The van der Waals surface area contributed by atoms with Gasteiger partial charge in [-0.2, -0.15) is 11.3 Å². The molecule has 0 spiro atoms. The third kappa shape index (κ3) is 3.82. The zero-order chi connectivity index (χ0) is 12.1. The quantitative estimate of drug-likeness (QED) is 0.835. The summed E-state index contributed by atoms with van der Waals surface area (Å²) in [4.78, 5) is 0. The molecule has 17 heavy (non-hydrogen) atoms. The molecule has 0 amide bonds. The Balaban J connectivity index is 1.86. The predicted octanol–water partition coefficient (Wildman–Crippen LogP) is 3.95. The first-order valence-corrected chi connectivity index (χ1v) is 7.89. The maximum absolute atomic E-state index is 3.38. The van der Waals surface area contributed by atoms with E-state index >= 15 is 0 Å². The van der Waals surface area contributed by atoms with Crippen LogP contribution in [0, 0.1) is 17.8 Å². The van der Waals surface area contributed by atoms with Gasteiger partial charge in [0.25, 0.3) is 0 Å². The van der Waals surface area contributed by atoms with Crippen molar-refractivity contribution in [1.82, 2.24) is 5.32 Å². The highest BCUT2D eigenvalue weighted by molar-refractivity contribution is 7.07. The monoisotopic (exact) mass is 251 g/mol. The van der Waals surface area contributed by atoms with Crippen LogP contribution in [0.25, 0.3) is 0 Å². The summed E-state index contributed by atoms with van der Waals surface area (Å²) in [6, 6.07) is 2.28. The van der Waals surface area contributed by atoms with E-state index in [2.05, 4.69) is 36.1 Å². The van der Waals surface area contributed by atoms with E-state index in [4.69, 9.17) is 0 Å². The van der Waals surface area contributed by atoms with Crippen LogP contribution in [-0.4, -0.2) is 13.6 Å². The molecule has 96 valence electrons. The van der Waals surface area contributed by atoms with Crippen molar-refractivity contribution in [3.05, 3.63) is 22.4 Å². The number of aryl methyl sites for hydroxylation is 1. The number of hydrogen-bond acceptors (Lipinski definition) is 2.